The van der Waals surface area contributed by atoms with Crippen LogP contribution in [0, 0.1) is 6.92 Å². The summed E-state index contributed by atoms with van der Waals surface area (Å²) in [6.07, 6.45) is 7.26. The van der Waals surface area contributed by atoms with Crippen LogP contribution < -0.4 is 0 Å². The summed E-state index contributed by atoms with van der Waals surface area (Å²) in [5, 5.41) is 11.4. The Morgan fingerprint density at radius 2 is 2.32 bits per heavy atom. The number of hydrogen-bond acceptors (Lipinski definition) is 4. The zero-order valence-corrected chi connectivity index (χ0v) is 11.3. The molecule has 2 aromatic heterocycles. The molecule has 0 saturated heterocycles. The van der Waals surface area contributed by atoms with Gasteiger partial charge < -0.3 is 4.57 Å². The van der Waals surface area contributed by atoms with Gasteiger partial charge in [0.25, 0.3) is 0 Å². The zero-order chi connectivity index (χ0) is 13.1. The molecule has 19 heavy (non-hydrogen) atoms. The lowest BCUT2D eigenvalue weighted by Crippen LogP contribution is -1.93. The van der Waals surface area contributed by atoms with E-state index in [4.69, 9.17) is 0 Å². The Hall–Kier alpha value is -2.08. The summed E-state index contributed by atoms with van der Waals surface area (Å²) < 4.78 is 2.00. The second kappa shape index (κ2) is 5.27. The summed E-state index contributed by atoms with van der Waals surface area (Å²) in [6, 6.07) is 6.42. The Morgan fingerprint density at radius 1 is 1.37 bits per heavy atom. The van der Waals surface area contributed by atoms with Crippen molar-refractivity contribution >= 4 is 11.8 Å². The molecule has 5 nitrogen and oxygen atoms in total. The molecule has 2 heterocycles. The predicted octanol–water partition coefficient (Wildman–Crippen LogP) is 2.59. The Kier molecular flexibility index (Phi) is 3.33. The lowest BCUT2D eigenvalue weighted by atomic mass is 10.1. The highest BCUT2D eigenvalue weighted by Crippen LogP contribution is 2.23. The van der Waals surface area contributed by atoms with Crippen LogP contribution in [-0.2, 0) is 5.75 Å². The van der Waals surface area contributed by atoms with E-state index in [1.807, 2.05) is 10.8 Å². The van der Waals surface area contributed by atoms with E-state index in [0.29, 0.717) is 0 Å². The summed E-state index contributed by atoms with van der Waals surface area (Å²) in [5.41, 5.74) is 3.70. The molecule has 96 valence electrons. The highest BCUT2D eigenvalue weighted by molar-refractivity contribution is 7.98. The lowest BCUT2D eigenvalue weighted by Gasteiger charge is -2.08. The van der Waals surface area contributed by atoms with Gasteiger partial charge in [-0.1, -0.05) is 17.8 Å². The molecule has 0 fully saturated rings. The molecule has 0 spiro atoms. The lowest BCUT2D eigenvalue weighted by molar-refractivity contribution is 0.911. The Bertz CT molecular complexity index is 646. The monoisotopic (exact) mass is 271 g/mol. The van der Waals surface area contributed by atoms with Crippen LogP contribution in [0.15, 0.2) is 48.1 Å². The Morgan fingerprint density at radius 3 is 3.00 bits per heavy atom. The largest absolute Gasteiger partial charge is 0.306 e. The van der Waals surface area contributed by atoms with E-state index in [-0.39, 0.29) is 0 Å². The molecule has 0 bridgehead atoms. The molecule has 6 heteroatoms. The van der Waals surface area contributed by atoms with E-state index in [2.05, 4.69) is 45.5 Å². The number of imidazole rings is 1. The number of aryl methyl sites for hydroxylation is 1. The van der Waals surface area contributed by atoms with E-state index >= 15 is 0 Å². The normalized spacial score (nSPS) is 10.8. The van der Waals surface area contributed by atoms with Crippen LogP contribution in [0.5, 0.6) is 0 Å². The average Bonchev–Trinajstić information content (AvgIpc) is 3.10. The summed E-state index contributed by atoms with van der Waals surface area (Å²) in [4.78, 5) is 4.06. The number of aromatic amines is 1. The van der Waals surface area contributed by atoms with Gasteiger partial charge in [0.05, 0.1) is 12.5 Å². The van der Waals surface area contributed by atoms with Crippen molar-refractivity contribution in [2.45, 2.75) is 17.7 Å². The molecule has 1 aromatic carbocycles. The first-order valence-corrected chi connectivity index (χ1v) is 6.88. The number of H-pyrrole nitrogens is 1. The van der Waals surface area contributed by atoms with Gasteiger partial charge in [-0.15, -0.1) is 5.10 Å². The molecule has 1 N–H and O–H groups in total. The van der Waals surface area contributed by atoms with Crippen molar-refractivity contribution in [3.05, 3.63) is 54.2 Å². The minimum Gasteiger partial charge on any atom is -0.306 e. The summed E-state index contributed by atoms with van der Waals surface area (Å²) in [6.45, 7) is 2.12. The van der Waals surface area contributed by atoms with Crippen LogP contribution in [-0.4, -0.2) is 25.0 Å². The average molecular weight is 271 g/mol. The first-order valence-electron chi connectivity index (χ1n) is 5.89. The smallest absolute Gasteiger partial charge is 0.139 e. The number of hydrogen-bond donors (Lipinski definition) is 1. The van der Waals surface area contributed by atoms with Crippen molar-refractivity contribution in [3.8, 4) is 5.69 Å². The second-order valence-corrected chi connectivity index (χ2v) is 5.17. The van der Waals surface area contributed by atoms with Gasteiger partial charge >= 0.3 is 0 Å². The molecule has 0 unspecified atom stereocenters. The third kappa shape index (κ3) is 2.68. The van der Waals surface area contributed by atoms with Gasteiger partial charge in [0.15, 0.2) is 0 Å². The van der Waals surface area contributed by atoms with Crippen LogP contribution in [0.3, 0.4) is 0 Å². The van der Waals surface area contributed by atoms with Gasteiger partial charge in [-0.2, -0.15) is 10.3 Å². The maximum Gasteiger partial charge on any atom is 0.139 e. The first-order chi connectivity index (χ1) is 9.33. The van der Waals surface area contributed by atoms with E-state index in [1.165, 1.54) is 11.1 Å². The highest BCUT2D eigenvalue weighted by Gasteiger charge is 2.04. The van der Waals surface area contributed by atoms with Crippen LogP contribution in [0.25, 0.3) is 5.69 Å². The molecule has 0 saturated carbocycles. The van der Waals surface area contributed by atoms with E-state index in [1.54, 1.807) is 30.5 Å². The minimum atomic E-state index is 0.891. The fraction of sp³-hybridized carbons (Fsp3) is 0.154. The maximum atomic E-state index is 4.06. The SMILES string of the molecule is Cc1cc(-n2ccnc2)ccc1CSc1cn[nH]n1. The molecule has 0 aliphatic heterocycles. The highest BCUT2D eigenvalue weighted by atomic mass is 32.2. The number of nitrogens with zero attached hydrogens (tertiary/aromatic N) is 4. The summed E-state index contributed by atoms with van der Waals surface area (Å²) in [5.74, 6) is 0.891. The number of thioether (sulfide) groups is 1. The number of rotatable bonds is 4. The maximum absolute atomic E-state index is 4.06. The van der Waals surface area contributed by atoms with Crippen molar-refractivity contribution < 1.29 is 0 Å². The van der Waals surface area contributed by atoms with E-state index in [9.17, 15) is 0 Å². The van der Waals surface area contributed by atoms with Gasteiger partial charge in [-0.25, -0.2) is 4.98 Å². The first kappa shape index (κ1) is 12.0. The van der Waals surface area contributed by atoms with Gasteiger partial charge in [-0.05, 0) is 30.2 Å². The number of aromatic nitrogens is 5. The van der Waals surface area contributed by atoms with Crippen molar-refractivity contribution in [2.24, 2.45) is 0 Å². The molecule has 0 aliphatic carbocycles. The second-order valence-electron chi connectivity index (χ2n) is 4.18. The Balaban J connectivity index is 1.76. The van der Waals surface area contributed by atoms with Crippen LogP contribution in [0.2, 0.25) is 0 Å². The molecular formula is C13H13N5S. The quantitative estimate of drug-likeness (QED) is 0.741. The third-order valence-corrected chi connectivity index (χ3v) is 3.84. The molecular weight excluding hydrogens is 258 g/mol. The molecule has 0 aliphatic rings. The van der Waals surface area contributed by atoms with Crippen LogP contribution >= 0.6 is 11.8 Å². The van der Waals surface area contributed by atoms with Gasteiger partial charge in [0, 0.05) is 23.8 Å². The fourth-order valence-corrected chi connectivity index (χ4v) is 2.69. The molecule has 0 radical (unpaired) electrons. The van der Waals surface area contributed by atoms with Crippen LogP contribution in [0.4, 0.5) is 0 Å². The standard InChI is InChI=1S/C13H13N5S/c1-10-6-12(18-5-4-14-9-18)3-2-11(10)8-19-13-7-15-17-16-13/h2-7,9H,8H2,1H3,(H,15,16,17). The number of nitrogens with one attached hydrogen (secondary N) is 1. The van der Waals surface area contributed by atoms with Gasteiger partial charge in [0.2, 0.25) is 0 Å². The Labute approximate surface area is 115 Å². The number of benzene rings is 1. The molecule has 0 amide bonds. The summed E-state index contributed by atoms with van der Waals surface area (Å²) in [7, 11) is 0. The topological polar surface area (TPSA) is 59.4 Å². The van der Waals surface area contributed by atoms with Crippen molar-refractivity contribution in [1.29, 1.82) is 0 Å². The van der Waals surface area contributed by atoms with E-state index in [0.717, 1.165) is 16.5 Å². The molecule has 3 rings (SSSR count). The van der Waals surface area contributed by atoms with Crippen molar-refractivity contribution in [2.75, 3.05) is 0 Å². The summed E-state index contributed by atoms with van der Waals surface area (Å²) >= 11 is 1.67. The third-order valence-electron chi connectivity index (χ3n) is 2.90. The van der Waals surface area contributed by atoms with Crippen LogP contribution in [0.1, 0.15) is 11.1 Å². The van der Waals surface area contributed by atoms with Crippen molar-refractivity contribution in [3.63, 3.8) is 0 Å². The predicted molar refractivity (Wildman–Crippen MR) is 74.2 cm³/mol. The van der Waals surface area contributed by atoms with Gasteiger partial charge in [-0.3, -0.25) is 0 Å². The van der Waals surface area contributed by atoms with E-state index < -0.39 is 0 Å². The minimum absolute atomic E-state index is 0.891. The molecule has 0 atom stereocenters. The van der Waals surface area contributed by atoms with Gasteiger partial charge in [0.1, 0.15) is 5.03 Å². The van der Waals surface area contributed by atoms with Crippen molar-refractivity contribution in [1.82, 2.24) is 25.0 Å². The fourth-order valence-electron chi connectivity index (χ4n) is 1.83. The zero-order valence-electron chi connectivity index (χ0n) is 10.4. The molecule has 3 aromatic rings.